The number of anilines is 1. The quantitative estimate of drug-likeness (QED) is 0.780. The Labute approximate surface area is 172 Å². The van der Waals surface area contributed by atoms with E-state index < -0.39 is 36.0 Å². The fraction of sp³-hybridized carbons (Fsp3) is 0.476. The van der Waals surface area contributed by atoms with Crippen LogP contribution in [0.15, 0.2) is 47.4 Å². The van der Waals surface area contributed by atoms with Crippen molar-refractivity contribution in [2.75, 3.05) is 11.9 Å². The van der Waals surface area contributed by atoms with Crippen molar-refractivity contribution in [1.29, 1.82) is 0 Å². The van der Waals surface area contributed by atoms with Gasteiger partial charge in [-0.3, -0.25) is 9.36 Å². The predicted octanol–water partition coefficient (Wildman–Crippen LogP) is 1.44. The number of aliphatic hydroxyl groups excluding tert-OH is 1. The van der Waals surface area contributed by atoms with Gasteiger partial charge >= 0.3 is 5.69 Å². The third kappa shape index (κ3) is 3.33. The van der Waals surface area contributed by atoms with Gasteiger partial charge in [0.15, 0.2) is 12.0 Å². The van der Waals surface area contributed by atoms with Gasteiger partial charge in [-0.25, -0.2) is 4.79 Å². The Bertz CT molecular complexity index is 988. The Kier molecular flexibility index (Phi) is 4.90. The van der Waals surface area contributed by atoms with Crippen LogP contribution in [0.2, 0.25) is 0 Å². The topological polar surface area (TPSA) is 112 Å². The summed E-state index contributed by atoms with van der Waals surface area (Å²) in [4.78, 5) is 29.0. The van der Waals surface area contributed by atoms with Gasteiger partial charge in [-0.2, -0.15) is 4.98 Å². The fourth-order valence-electron chi connectivity index (χ4n) is 4.47. The molecule has 9 heteroatoms. The minimum absolute atomic E-state index is 0.147. The molecular weight excluding hydrogens is 390 g/mol. The monoisotopic (exact) mass is 413 g/mol. The minimum atomic E-state index is -0.758. The zero-order valence-electron chi connectivity index (χ0n) is 16.3. The molecule has 0 radical (unpaired) electrons. The van der Waals surface area contributed by atoms with Crippen LogP contribution in [0.5, 0.6) is 0 Å². The number of carbonyl (C=O) groups excluding carboxylic acids is 1. The Balaban J connectivity index is 1.36. The van der Waals surface area contributed by atoms with Crippen molar-refractivity contribution >= 4 is 11.7 Å². The van der Waals surface area contributed by atoms with Gasteiger partial charge in [0.2, 0.25) is 0 Å². The van der Waals surface area contributed by atoms with Crippen LogP contribution in [0.4, 0.5) is 5.82 Å². The number of carbonyl (C=O) groups is 1. The van der Waals surface area contributed by atoms with Crippen LogP contribution >= 0.6 is 0 Å². The highest BCUT2D eigenvalue weighted by atomic mass is 16.8. The Morgan fingerprint density at radius 2 is 1.90 bits per heavy atom. The first kappa shape index (κ1) is 19.4. The number of hydrogen-bond acceptors (Lipinski definition) is 7. The van der Waals surface area contributed by atoms with Crippen molar-refractivity contribution in [3.05, 3.63) is 58.6 Å². The molecule has 3 aliphatic rings. The molecule has 2 aliphatic heterocycles. The van der Waals surface area contributed by atoms with Crippen molar-refractivity contribution in [3.8, 4) is 0 Å². The van der Waals surface area contributed by atoms with E-state index in [2.05, 4.69) is 10.3 Å². The molecule has 1 aromatic carbocycles. The third-order valence-corrected chi connectivity index (χ3v) is 5.91. The molecule has 3 heterocycles. The van der Waals surface area contributed by atoms with E-state index in [1.165, 1.54) is 16.8 Å². The summed E-state index contributed by atoms with van der Waals surface area (Å²) < 4.78 is 19.6. The van der Waals surface area contributed by atoms with Crippen molar-refractivity contribution in [2.45, 2.75) is 56.0 Å². The summed E-state index contributed by atoms with van der Waals surface area (Å²) in [7, 11) is 0. The average Bonchev–Trinajstić information content (AvgIpc) is 3.45. The van der Waals surface area contributed by atoms with E-state index in [1.807, 2.05) is 6.07 Å². The maximum atomic E-state index is 12.7. The van der Waals surface area contributed by atoms with E-state index in [0.29, 0.717) is 5.56 Å². The van der Waals surface area contributed by atoms with Crippen molar-refractivity contribution in [1.82, 2.24) is 9.55 Å². The van der Waals surface area contributed by atoms with E-state index in [0.717, 1.165) is 25.7 Å². The van der Waals surface area contributed by atoms with Crippen molar-refractivity contribution in [2.24, 2.45) is 0 Å². The molecule has 1 saturated carbocycles. The van der Waals surface area contributed by atoms with Crippen molar-refractivity contribution < 1.29 is 24.1 Å². The molecule has 0 unspecified atom stereocenters. The number of ether oxygens (including phenoxy) is 3. The summed E-state index contributed by atoms with van der Waals surface area (Å²) >= 11 is 0. The Hall–Kier alpha value is -2.59. The summed E-state index contributed by atoms with van der Waals surface area (Å²) in [5, 5.41) is 12.3. The molecule has 9 nitrogen and oxygen atoms in total. The summed E-state index contributed by atoms with van der Waals surface area (Å²) in [6.07, 6.45) is 2.85. The molecule has 30 heavy (non-hydrogen) atoms. The normalized spacial score (nSPS) is 29.2. The minimum Gasteiger partial charge on any atom is -0.394 e. The predicted molar refractivity (Wildman–Crippen MR) is 105 cm³/mol. The second-order valence-corrected chi connectivity index (χ2v) is 7.85. The van der Waals surface area contributed by atoms with Gasteiger partial charge in [0.05, 0.1) is 6.61 Å². The summed E-state index contributed by atoms with van der Waals surface area (Å²) in [5.74, 6) is -0.853. The first-order chi connectivity index (χ1) is 14.6. The lowest BCUT2D eigenvalue weighted by Crippen LogP contribution is -2.36. The van der Waals surface area contributed by atoms with Crippen LogP contribution in [-0.2, 0) is 14.2 Å². The lowest BCUT2D eigenvalue weighted by atomic mass is 10.1. The first-order valence-electron chi connectivity index (χ1n) is 10.2. The molecule has 4 atom stereocenters. The lowest BCUT2D eigenvalue weighted by molar-refractivity contribution is -0.216. The molecule has 1 spiro atoms. The average molecular weight is 413 g/mol. The number of amides is 1. The highest BCUT2D eigenvalue weighted by Crippen LogP contribution is 2.48. The number of aliphatic hydroxyl groups is 1. The number of nitrogens with zero attached hydrogens (tertiary/aromatic N) is 2. The van der Waals surface area contributed by atoms with Crippen LogP contribution in [0.3, 0.4) is 0 Å². The Morgan fingerprint density at radius 1 is 1.17 bits per heavy atom. The highest BCUT2D eigenvalue weighted by molar-refractivity contribution is 6.03. The van der Waals surface area contributed by atoms with Gasteiger partial charge in [0.1, 0.15) is 24.1 Å². The Morgan fingerprint density at radius 3 is 2.60 bits per heavy atom. The maximum Gasteiger partial charge on any atom is 0.351 e. The zero-order valence-corrected chi connectivity index (χ0v) is 16.3. The maximum absolute atomic E-state index is 12.7. The summed E-state index contributed by atoms with van der Waals surface area (Å²) in [6, 6.07) is 10.2. The van der Waals surface area contributed by atoms with Crippen LogP contribution in [-0.4, -0.2) is 51.3 Å². The number of benzene rings is 1. The molecule has 2 aromatic rings. The molecule has 1 aromatic heterocycles. The highest BCUT2D eigenvalue weighted by Gasteiger charge is 2.59. The number of nitrogens with one attached hydrogen (secondary N) is 1. The van der Waals surface area contributed by atoms with E-state index >= 15 is 0 Å². The molecule has 1 aliphatic carbocycles. The van der Waals surface area contributed by atoms with E-state index in [-0.39, 0.29) is 18.3 Å². The van der Waals surface area contributed by atoms with E-state index in [1.54, 1.807) is 24.3 Å². The largest absolute Gasteiger partial charge is 0.394 e. The van der Waals surface area contributed by atoms with Crippen molar-refractivity contribution in [3.63, 3.8) is 0 Å². The second-order valence-electron chi connectivity index (χ2n) is 7.85. The summed E-state index contributed by atoms with van der Waals surface area (Å²) in [5.41, 5.74) is -0.117. The van der Waals surface area contributed by atoms with E-state index in [4.69, 9.17) is 14.2 Å². The zero-order chi connectivity index (χ0) is 20.7. The number of aromatic nitrogens is 2. The van der Waals surface area contributed by atoms with Gasteiger partial charge in [-0.15, -0.1) is 0 Å². The van der Waals surface area contributed by atoms with Gasteiger partial charge in [0.25, 0.3) is 5.91 Å². The number of rotatable bonds is 4. The number of fused-ring (bicyclic) bond motifs is 1. The van der Waals surface area contributed by atoms with Gasteiger partial charge in [-0.05, 0) is 31.0 Å². The molecule has 1 amide bonds. The van der Waals surface area contributed by atoms with Crippen LogP contribution in [0, 0.1) is 0 Å². The molecule has 0 bridgehead atoms. The smallest absolute Gasteiger partial charge is 0.351 e. The molecule has 2 saturated heterocycles. The third-order valence-electron chi connectivity index (χ3n) is 5.91. The van der Waals surface area contributed by atoms with E-state index in [9.17, 15) is 14.7 Å². The molecular formula is C21H23N3O6. The molecule has 158 valence electrons. The van der Waals surface area contributed by atoms with Crippen LogP contribution < -0.4 is 11.0 Å². The standard InChI is InChI=1S/C21H23N3O6/c25-12-14-16-17(30-21(29-16)9-4-5-10-21)19(28-14)24-11-8-15(23-20(24)27)22-18(26)13-6-2-1-3-7-13/h1-3,6-8,11,14,16-17,19,25H,4-5,9-10,12H2,(H,22,23,26,27)/t14-,16-,17-,19-/m1/s1. The molecule has 5 rings (SSSR count). The molecule has 2 N–H and O–H groups in total. The SMILES string of the molecule is O=C(Nc1ccn([C@@H]2O[C@H](CO)[C@H]3OC4(CCCC4)O[C@H]32)c(=O)n1)c1ccccc1. The summed E-state index contributed by atoms with van der Waals surface area (Å²) in [6.45, 7) is -0.232. The lowest BCUT2D eigenvalue weighted by Gasteiger charge is -2.27. The van der Waals surface area contributed by atoms with Crippen LogP contribution in [0.1, 0.15) is 42.3 Å². The van der Waals surface area contributed by atoms with Gasteiger partial charge < -0.3 is 24.6 Å². The van der Waals surface area contributed by atoms with Gasteiger partial charge in [-0.1, -0.05) is 18.2 Å². The number of hydrogen-bond donors (Lipinski definition) is 2. The second kappa shape index (κ2) is 7.59. The van der Waals surface area contributed by atoms with Crippen LogP contribution in [0.25, 0.3) is 0 Å². The van der Waals surface area contributed by atoms with Gasteiger partial charge in [0, 0.05) is 24.6 Å². The molecule has 3 fully saturated rings. The fourth-order valence-corrected chi connectivity index (χ4v) is 4.47. The first-order valence-corrected chi connectivity index (χ1v) is 10.2.